The monoisotopic (exact) mass is 290 g/mol. The van der Waals surface area contributed by atoms with E-state index in [4.69, 9.17) is 5.11 Å². The molecular weight excluding hydrogens is 268 g/mol. The molecule has 0 aromatic heterocycles. The molecule has 5 heteroatoms. The molecule has 0 atom stereocenters. The van der Waals surface area contributed by atoms with Crippen molar-refractivity contribution in [3.05, 3.63) is 34.9 Å². The predicted molar refractivity (Wildman–Crippen MR) is 80.3 cm³/mol. The van der Waals surface area contributed by atoms with Gasteiger partial charge in [-0.2, -0.15) is 0 Å². The summed E-state index contributed by atoms with van der Waals surface area (Å²) in [4.78, 5) is 27.0. The number of benzene rings is 1. The summed E-state index contributed by atoms with van der Waals surface area (Å²) in [5.41, 5.74) is 2.50. The van der Waals surface area contributed by atoms with Crippen molar-refractivity contribution < 1.29 is 14.7 Å². The molecule has 1 aliphatic heterocycles. The predicted octanol–water partition coefficient (Wildman–Crippen LogP) is 1.61. The van der Waals surface area contributed by atoms with Crippen molar-refractivity contribution in [1.29, 1.82) is 0 Å². The molecular formula is C16H22N2O3. The van der Waals surface area contributed by atoms with Gasteiger partial charge in [0.15, 0.2) is 0 Å². The van der Waals surface area contributed by atoms with Gasteiger partial charge in [0.25, 0.3) is 0 Å². The number of carbonyl (C=O) groups is 2. The maximum Gasteiger partial charge on any atom is 0.335 e. The Morgan fingerprint density at radius 3 is 2.67 bits per heavy atom. The quantitative estimate of drug-likeness (QED) is 0.915. The zero-order chi connectivity index (χ0) is 15.6. The fraction of sp³-hybridized carbons (Fsp3) is 0.500. The fourth-order valence-corrected chi connectivity index (χ4v) is 2.47. The van der Waals surface area contributed by atoms with Crippen LogP contribution >= 0.6 is 0 Å². The van der Waals surface area contributed by atoms with Crippen LogP contribution in [0.3, 0.4) is 0 Å². The largest absolute Gasteiger partial charge is 0.478 e. The Morgan fingerprint density at radius 1 is 1.33 bits per heavy atom. The topological polar surface area (TPSA) is 60.9 Å². The van der Waals surface area contributed by atoms with E-state index in [1.807, 2.05) is 27.0 Å². The first kappa shape index (κ1) is 15.5. The van der Waals surface area contributed by atoms with Crippen molar-refractivity contribution in [2.24, 2.45) is 0 Å². The van der Waals surface area contributed by atoms with E-state index in [-0.39, 0.29) is 11.9 Å². The van der Waals surface area contributed by atoms with Crippen LogP contribution in [0.1, 0.15) is 35.3 Å². The van der Waals surface area contributed by atoms with E-state index >= 15 is 0 Å². The van der Waals surface area contributed by atoms with Crippen LogP contribution in [0.5, 0.6) is 0 Å². The number of nitrogens with zero attached hydrogens (tertiary/aromatic N) is 2. The summed E-state index contributed by atoms with van der Waals surface area (Å²) in [6.07, 6.45) is 0.855. The molecule has 1 aromatic carbocycles. The van der Waals surface area contributed by atoms with Gasteiger partial charge >= 0.3 is 5.97 Å². The number of likely N-dealkylation sites (N-methyl/N-ethyl adjacent to an activating group) is 1. The van der Waals surface area contributed by atoms with Crippen molar-refractivity contribution in [3.63, 3.8) is 0 Å². The van der Waals surface area contributed by atoms with E-state index in [2.05, 4.69) is 4.90 Å². The molecule has 0 fully saturated rings. The molecule has 1 amide bonds. The molecule has 114 valence electrons. The highest BCUT2D eigenvalue weighted by molar-refractivity contribution is 5.88. The summed E-state index contributed by atoms with van der Waals surface area (Å²) < 4.78 is 0. The third-order valence-corrected chi connectivity index (χ3v) is 4.07. The van der Waals surface area contributed by atoms with Crippen LogP contribution in [0.4, 0.5) is 0 Å². The molecule has 1 aliphatic rings. The molecule has 0 spiro atoms. The van der Waals surface area contributed by atoms with Gasteiger partial charge < -0.3 is 10.0 Å². The lowest BCUT2D eigenvalue weighted by Crippen LogP contribution is -2.43. The van der Waals surface area contributed by atoms with Gasteiger partial charge in [0.1, 0.15) is 0 Å². The third-order valence-electron chi connectivity index (χ3n) is 4.07. The number of aromatic carboxylic acids is 1. The van der Waals surface area contributed by atoms with Gasteiger partial charge in [-0.3, -0.25) is 9.69 Å². The first-order chi connectivity index (χ1) is 9.88. The minimum absolute atomic E-state index is 0.0999. The van der Waals surface area contributed by atoms with E-state index in [1.165, 1.54) is 5.56 Å². The van der Waals surface area contributed by atoms with Crippen LogP contribution in [0.15, 0.2) is 18.2 Å². The number of carboxylic acids is 1. The van der Waals surface area contributed by atoms with Crippen molar-refractivity contribution in [3.8, 4) is 0 Å². The van der Waals surface area contributed by atoms with E-state index in [0.717, 1.165) is 18.5 Å². The van der Waals surface area contributed by atoms with E-state index < -0.39 is 5.97 Å². The lowest BCUT2D eigenvalue weighted by Gasteiger charge is -2.31. The highest BCUT2D eigenvalue weighted by atomic mass is 16.4. The summed E-state index contributed by atoms with van der Waals surface area (Å²) in [7, 11) is 1.81. The smallest absolute Gasteiger partial charge is 0.335 e. The molecule has 1 heterocycles. The van der Waals surface area contributed by atoms with Gasteiger partial charge in [0, 0.05) is 26.2 Å². The number of fused-ring (bicyclic) bond motifs is 1. The first-order valence-electron chi connectivity index (χ1n) is 7.21. The Hall–Kier alpha value is -1.88. The maximum atomic E-state index is 12.1. The van der Waals surface area contributed by atoms with Crippen molar-refractivity contribution in [2.75, 3.05) is 20.1 Å². The number of rotatable bonds is 4. The number of hydrogen-bond acceptors (Lipinski definition) is 3. The molecule has 0 saturated carbocycles. The molecule has 2 rings (SSSR count). The Labute approximate surface area is 125 Å². The molecule has 1 N–H and O–H groups in total. The van der Waals surface area contributed by atoms with Gasteiger partial charge in [0.05, 0.1) is 12.1 Å². The Morgan fingerprint density at radius 2 is 2.05 bits per heavy atom. The number of carboxylic acid groups (broad SMARTS) is 1. The third kappa shape index (κ3) is 3.61. The maximum absolute atomic E-state index is 12.1. The first-order valence-corrected chi connectivity index (χ1v) is 7.21. The Kier molecular flexibility index (Phi) is 4.63. The van der Waals surface area contributed by atoms with E-state index in [9.17, 15) is 9.59 Å². The second kappa shape index (κ2) is 6.26. The summed E-state index contributed by atoms with van der Waals surface area (Å²) in [5, 5.41) is 9.06. The summed E-state index contributed by atoms with van der Waals surface area (Å²) in [6.45, 7) is 5.82. The molecule has 21 heavy (non-hydrogen) atoms. The highest BCUT2D eigenvalue weighted by Gasteiger charge is 2.21. The van der Waals surface area contributed by atoms with Crippen LogP contribution in [-0.4, -0.2) is 53.0 Å². The second-order valence-corrected chi connectivity index (χ2v) is 5.85. The number of carbonyl (C=O) groups excluding carboxylic acids is 1. The molecule has 0 bridgehead atoms. The van der Waals surface area contributed by atoms with Crippen LogP contribution in [0.25, 0.3) is 0 Å². The van der Waals surface area contributed by atoms with E-state index in [0.29, 0.717) is 18.7 Å². The summed E-state index contributed by atoms with van der Waals surface area (Å²) >= 11 is 0. The number of amides is 1. The minimum atomic E-state index is -0.912. The van der Waals surface area contributed by atoms with Gasteiger partial charge in [-0.05, 0) is 43.5 Å². The normalized spacial score (nSPS) is 14.9. The fourth-order valence-electron chi connectivity index (χ4n) is 2.47. The SMILES string of the molecule is CC(C)N(C)C(=O)CN1CCc2ccc(C(=O)O)cc2C1. The molecule has 0 unspecified atom stereocenters. The summed E-state index contributed by atoms with van der Waals surface area (Å²) in [5.74, 6) is -0.812. The number of hydrogen-bond donors (Lipinski definition) is 1. The van der Waals surface area contributed by atoms with Gasteiger partial charge in [-0.15, -0.1) is 0 Å². The molecule has 0 saturated heterocycles. The highest BCUT2D eigenvalue weighted by Crippen LogP contribution is 2.20. The molecule has 0 aliphatic carbocycles. The van der Waals surface area contributed by atoms with E-state index in [1.54, 1.807) is 17.0 Å². The van der Waals surface area contributed by atoms with Crippen LogP contribution in [0.2, 0.25) is 0 Å². The van der Waals surface area contributed by atoms with Gasteiger partial charge in [-0.25, -0.2) is 4.79 Å². The Bertz CT molecular complexity index is 554. The molecule has 1 aromatic rings. The van der Waals surface area contributed by atoms with Crippen LogP contribution in [0, 0.1) is 0 Å². The van der Waals surface area contributed by atoms with Gasteiger partial charge in [-0.1, -0.05) is 6.07 Å². The van der Waals surface area contributed by atoms with Crippen molar-refractivity contribution in [1.82, 2.24) is 9.80 Å². The second-order valence-electron chi connectivity index (χ2n) is 5.85. The van der Waals surface area contributed by atoms with Gasteiger partial charge in [0.2, 0.25) is 5.91 Å². The molecule has 5 nitrogen and oxygen atoms in total. The van der Waals surface area contributed by atoms with Crippen molar-refractivity contribution in [2.45, 2.75) is 32.9 Å². The zero-order valence-electron chi connectivity index (χ0n) is 12.8. The average Bonchev–Trinajstić information content (AvgIpc) is 2.45. The zero-order valence-corrected chi connectivity index (χ0v) is 12.8. The summed E-state index contributed by atoms with van der Waals surface area (Å²) in [6, 6.07) is 5.45. The Balaban J connectivity index is 2.06. The average molecular weight is 290 g/mol. The standard InChI is InChI=1S/C16H22N2O3/c1-11(2)17(3)15(19)10-18-7-6-12-4-5-13(16(20)21)8-14(12)9-18/h4-5,8,11H,6-7,9-10H2,1-3H3,(H,20,21). The minimum Gasteiger partial charge on any atom is -0.478 e. The van der Waals surface area contributed by atoms with Crippen LogP contribution in [-0.2, 0) is 17.8 Å². The lowest BCUT2D eigenvalue weighted by molar-refractivity contribution is -0.132. The molecule has 0 radical (unpaired) electrons. The van der Waals surface area contributed by atoms with Crippen LogP contribution < -0.4 is 0 Å². The lowest BCUT2D eigenvalue weighted by atomic mass is 9.97. The van der Waals surface area contributed by atoms with Crippen molar-refractivity contribution >= 4 is 11.9 Å².